The zero-order valence-corrected chi connectivity index (χ0v) is 19.9. The number of carbonyl (C=O) groups excluding carboxylic acids is 2. The van der Waals surface area contributed by atoms with Crippen molar-refractivity contribution in [3.63, 3.8) is 0 Å². The number of halogens is 1. The van der Waals surface area contributed by atoms with Crippen LogP contribution in [0.2, 0.25) is 0 Å². The third-order valence-electron chi connectivity index (χ3n) is 6.48. The molecule has 1 saturated heterocycles. The quantitative estimate of drug-likeness (QED) is 0.718. The van der Waals surface area contributed by atoms with Crippen LogP contribution in [0.1, 0.15) is 66.2 Å². The second-order valence-corrected chi connectivity index (χ2v) is 9.95. The van der Waals surface area contributed by atoms with Gasteiger partial charge in [-0.15, -0.1) is 0 Å². The van der Waals surface area contributed by atoms with Gasteiger partial charge >= 0.3 is 0 Å². The number of piperidine rings is 1. The van der Waals surface area contributed by atoms with Crippen LogP contribution < -0.4 is 5.32 Å². The largest absolute Gasteiger partial charge is 0.356 e. The minimum absolute atomic E-state index is 0.0699. The average Bonchev–Trinajstić information content (AvgIpc) is 2.75. The van der Waals surface area contributed by atoms with E-state index in [9.17, 15) is 14.0 Å². The highest BCUT2D eigenvalue weighted by atomic mass is 19.1. The first-order chi connectivity index (χ1) is 15.1. The summed E-state index contributed by atoms with van der Waals surface area (Å²) in [5.74, 6) is -0.459. The molecular weight excluding hydrogens is 403 g/mol. The maximum Gasteiger partial charge on any atom is 0.253 e. The number of nitrogens with zero attached hydrogens (tertiary/aromatic N) is 1. The number of rotatable bonds is 5. The smallest absolute Gasteiger partial charge is 0.253 e. The van der Waals surface area contributed by atoms with Crippen LogP contribution in [-0.2, 0) is 16.6 Å². The van der Waals surface area contributed by atoms with Crippen molar-refractivity contribution in [2.75, 3.05) is 19.6 Å². The first kappa shape index (κ1) is 24.0. The Hall–Kier alpha value is -2.69. The summed E-state index contributed by atoms with van der Waals surface area (Å²) in [6.45, 7) is 12.7. The third-order valence-corrected chi connectivity index (χ3v) is 6.48. The van der Waals surface area contributed by atoms with Gasteiger partial charge in [0.2, 0.25) is 5.91 Å². The predicted octanol–water partition coefficient (Wildman–Crippen LogP) is 4.95. The highest BCUT2D eigenvalue weighted by Gasteiger charge is 2.27. The van der Waals surface area contributed by atoms with Gasteiger partial charge in [-0.2, -0.15) is 0 Å². The van der Waals surface area contributed by atoms with Gasteiger partial charge in [-0.25, -0.2) is 4.39 Å². The summed E-state index contributed by atoms with van der Waals surface area (Å²) in [6.07, 6.45) is 2.12. The number of nitrogens with one attached hydrogen (secondary N) is 1. The topological polar surface area (TPSA) is 49.4 Å². The number of hydrogen-bond donors (Lipinski definition) is 1. The van der Waals surface area contributed by atoms with Gasteiger partial charge in [0, 0.05) is 31.1 Å². The lowest BCUT2D eigenvalue weighted by Gasteiger charge is -2.31. The highest BCUT2D eigenvalue weighted by molar-refractivity contribution is 5.94. The minimum Gasteiger partial charge on any atom is -0.356 e. The highest BCUT2D eigenvalue weighted by Crippen LogP contribution is 2.27. The first-order valence-corrected chi connectivity index (χ1v) is 11.5. The molecule has 2 aromatic rings. The molecule has 5 heteroatoms. The van der Waals surface area contributed by atoms with Crippen LogP contribution in [0.3, 0.4) is 0 Å². The van der Waals surface area contributed by atoms with Crippen molar-refractivity contribution in [1.29, 1.82) is 0 Å². The van der Waals surface area contributed by atoms with Crippen molar-refractivity contribution in [3.05, 3.63) is 70.0 Å². The number of carbonyl (C=O) groups is 2. The third kappa shape index (κ3) is 5.76. The Morgan fingerprint density at radius 2 is 1.59 bits per heavy atom. The van der Waals surface area contributed by atoms with Crippen LogP contribution in [0.4, 0.5) is 4.39 Å². The van der Waals surface area contributed by atoms with Gasteiger partial charge < -0.3 is 10.2 Å². The van der Waals surface area contributed by atoms with Crippen LogP contribution in [0.25, 0.3) is 0 Å². The van der Waals surface area contributed by atoms with Gasteiger partial charge in [0.15, 0.2) is 0 Å². The predicted molar refractivity (Wildman–Crippen MR) is 126 cm³/mol. The summed E-state index contributed by atoms with van der Waals surface area (Å²) in [5.41, 5.74) is 5.79. The standard InChI is InChI=1S/C27H35FN2O2/c1-18-16-22(27(3,4)5)17-19(2)24(18)10-13-29-25(31)20-11-14-30(15-12-20)26(32)21-6-8-23(28)9-7-21/h6-9,16-17,20H,10-15H2,1-5H3,(H,29,31). The van der Waals surface area contributed by atoms with E-state index in [1.165, 1.54) is 46.5 Å². The number of amides is 2. The second kappa shape index (κ2) is 9.85. The molecule has 3 rings (SSSR count). The Bertz CT molecular complexity index is 945. The van der Waals surface area contributed by atoms with Gasteiger partial charge in [-0.3, -0.25) is 9.59 Å². The maximum atomic E-state index is 13.1. The van der Waals surface area contributed by atoms with Crippen molar-refractivity contribution in [2.24, 2.45) is 5.92 Å². The maximum absolute atomic E-state index is 13.1. The fraction of sp³-hybridized carbons (Fsp3) is 0.481. The molecule has 0 aliphatic carbocycles. The summed E-state index contributed by atoms with van der Waals surface area (Å²) in [5, 5.41) is 3.10. The van der Waals surface area contributed by atoms with E-state index in [-0.39, 0.29) is 29.0 Å². The van der Waals surface area contributed by atoms with Crippen LogP contribution in [0, 0.1) is 25.6 Å². The van der Waals surface area contributed by atoms with Gasteiger partial charge in [0.25, 0.3) is 5.91 Å². The SMILES string of the molecule is Cc1cc(C(C)(C)C)cc(C)c1CCNC(=O)C1CCN(C(=O)c2ccc(F)cc2)CC1. The van der Waals surface area contributed by atoms with Gasteiger partial charge in [-0.1, -0.05) is 32.9 Å². The molecule has 0 aromatic heterocycles. The summed E-state index contributed by atoms with van der Waals surface area (Å²) in [6, 6.07) is 10.1. The fourth-order valence-electron chi connectivity index (χ4n) is 4.40. The molecule has 2 amide bonds. The van der Waals surface area contributed by atoms with Crippen molar-refractivity contribution in [3.8, 4) is 0 Å². The van der Waals surface area contributed by atoms with E-state index in [0.717, 1.165) is 6.42 Å². The Morgan fingerprint density at radius 3 is 2.12 bits per heavy atom. The lowest BCUT2D eigenvalue weighted by molar-refractivity contribution is -0.126. The van der Waals surface area contributed by atoms with Gasteiger partial charge in [0.1, 0.15) is 5.82 Å². The first-order valence-electron chi connectivity index (χ1n) is 11.5. The molecule has 1 aliphatic heterocycles. The molecule has 1 fully saturated rings. The molecule has 0 saturated carbocycles. The van der Waals surface area contributed by atoms with E-state index in [4.69, 9.17) is 0 Å². The number of benzene rings is 2. The zero-order chi connectivity index (χ0) is 23.5. The number of likely N-dealkylation sites (tertiary alicyclic amines) is 1. The molecule has 0 bridgehead atoms. The van der Waals surface area contributed by atoms with Crippen molar-refractivity contribution in [2.45, 2.75) is 59.3 Å². The van der Waals surface area contributed by atoms with E-state index in [0.29, 0.717) is 38.0 Å². The van der Waals surface area contributed by atoms with Gasteiger partial charge in [0.05, 0.1) is 0 Å². The molecule has 1 aliphatic rings. The molecule has 2 aromatic carbocycles. The molecule has 32 heavy (non-hydrogen) atoms. The Labute approximate surface area is 191 Å². The molecule has 172 valence electrons. The molecule has 1 N–H and O–H groups in total. The number of aryl methyl sites for hydroxylation is 2. The fourth-order valence-corrected chi connectivity index (χ4v) is 4.40. The van der Waals surface area contributed by atoms with E-state index >= 15 is 0 Å². The van der Waals surface area contributed by atoms with E-state index in [1.807, 2.05) is 0 Å². The second-order valence-electron chi connectivity index (χ2n) is 9.95. The van der Waals surface area contributed by atoms with Crippen molar-refractivity contribution in [1.82, 2.24) is 10.2 Å². The Morgan fingerprint density at radius 1 is 1.03 bits per heavy atom. The van der Waals surface area contributed by atoms with E-state index in [1.54, 1.807) is 4.90 Å². The van der Waals surface area contributed by atoms with Crippen molar-refractivity contribution >= 4 is 11.8 Å². The molecule has 0 radical (unpaired) electrons. The van der Waals surface area contributed by atoms with Crippen LogP contribution >= 0.6 is 0 Å². The Kier molecular flexibility index (Phi) is 7.37. The lowest BCUT2D eigenvalue weighted by atomic mass is 9.83. The average molecular weight is 439 g/mol. The monoisotopic (exact) mass is 438 g/mol. The van der Waals surface area contributed by atoms with Crippen LogP contribution in [0.15, 0.2) is 36.4 Å². The normalized spacial score (nSPS) is 15.0. The van der Waals surface area contributed by atoms with Crippen LogP contribution in [0.5, 0.6) is 0 Å². The van der Waals surface area contributed by atoms with Crippen molar-refractivity contribution < 1.29 is 14.0 Å². The summed E-state index contributed by atoms with van der Waals surface area (Å²) in [4.78, 5) is 27.0. The molecule has 1 heterocycles. The molecule has 0 spiro atoms. The molecular formula is C27H35FN2O2. The summed E-state index contributed by atoms with van der Waals surface area (Å²) in [7, 11) is 0. The summed E-state index contributed by atoms with van der Waals surface area (Å²) >= 11 is 0. The Balaban J connectivity index is 1.49. The minimum atomic E-state index is -0.354. The lowest BCUT2D eigenvalue weighted by Crippen LogP contribution is -2.43. The summed E-state index contributed by atoms with van der Waals surface area (Å²) < 4.78 is 13.1. The zero-order valence-electron chi connectivity index (χ0n) is 19.9. The van der Waals surface area contributed by atoms with Gasteiger partial charge in [-0.05, 0) is 85.0 Å². The van der Waals surface area contributed by atoms with E-state index < -0.39 is 0 Å². The van der Waals surface area contributed by atoms with E-state index in [2.05, 4.69) is 52.1 Å². The van der Waals surface area contributed by atoms with Crippen LogP contribution in [-0.4, -0.2) is 36.3 Å². The number of hydrogen-bond acceptors (Lipinski definition) is 2. The molecule has 0 unspecified atom stereocenters. The molecule has 0 atom stereocenters. The molecule has 4 nitrogen and oxygen atoms in total.